The van der Waals surface area contributed by atoms with E-state index in [9.17, 15) is 0 Å². The van der Waals surface area contributed by atoms with E-state index >= 15 is 0 Å². The van der Waals surface area contributed by atoms with Crippen LogP contribution in [0.1, 0.15) is 84.5 Å². The van der Waals surface area contributed by atoms with Crippen LogP contribution in [0.3, 0.4) is 0 Å². The third-order valence-corrected chi connectivity index (χ3v) is 4.09. The Morgan fingerprint density at radius 1 is 0.818 bits per heavy atom. The van der Waals surface area contributed by atoms with E-state index in [-0.39, 0.29) is 0 Å². The van der Waals surface area contributed by atoms with E-state index in [2.05, 4.69) is 0 Å². The molecular weight excluding hydrogens is 284 g/mol. The molecule has 0 amide bonds. The number of hydrogen-bond acceptors (Lipinski definition) is 5. The lowest BCUT2D eigenvalue weighted by atomic mass is 9.97. The number of hydrogen-bond donors (Lipinski definition) is 0. The van der Waals surface area contributed by atoms with Gasteiger partial charge in [0.05, 0.1) is 7.11 Å². The van der Waals surface area contributed by atoms with Crippen molar-refractivity contribution in [1.82, 2.24) is 0 Å². The van der Waals surface area contributed by atoms with Crippen molar-refractivity contribution in [2.24, 2.45) is 0 Å². The molecule has 5 nitrogen and oxygen atoms in total. The van der Waals surface area contributed by atoms with Crippen molar-refractivity contribution in [3.63, 3.8) is 0 Å². The average Bonchev–Trinajstić information content (AvgIpc) is 2.49. The molecule has 0 heterocycles. The van der Waals surface area contributed by atoms with Gasteiger partial charge in [-0.2, -0.15) is 9.78 Å². The molecular formula is C17H34O5. The predicted molar refractivity (Wildman–Crippen MR) is 84.9 cm³/mol. The lowest BCUT2D eigenvalue weighted by Crippen LogP contribution is -2.37. The molecule has 0 aromatic carbocycles. The molecule has 22 heavy (non-hydrogen) atoms. The third-order valence-electron chi connectivity index (χ3n) is 4.09. The second kappa shape index (κ2) is 12.3. The number of ether oxygens (including phenoxy) is 1. The van der Waals surface area contributed by atoms with Crippen LogP contribution >= 0.6 is 0 Å². The minimum Gasteiger partial charge on any atom is -0.350 e. The van der Waals surface area contributed by atoms with Gasteiger partial charge in [0.25, 0.3) is 0 Å². The average molecular weight is 318 g/mol. The second-order valence-corrected chi connectivity index (χ2v) is 6.05. The van der Waals surface area contributed by atoms with Crippen LogP contribution < -0.4 is 0 Å². The molecule has 0 radical (unpaired) electrons. The molecule has 1 aliphatic carbocycles. The Bertz CT molecular complexity index is 247. The van der Waals surface area contributed by atoms with E-state index in [1.165, 1.54) is 52.1 Å². The van der Waals surface area contributed by atoms with E-state index in [1.807, 2.05) is 13.8 Å². The summed E-state index contributed by atoms with van der Waals surface area (Å²) in [5, 5.41) is 0. The summed E-state index contributed by atoms with van der Waals surface area (Å²) in [5.41, 5.74) is 0. The summed E-state index contributed by atoms with van der Waals surface area (Å²) in [6, 6.07) is 0. The van der Waals surface area contributed by atoms with E-state index in [4.69, 9.17) is 24.3 Å². The summed E-state index contributed by atoms with van der Waals surface area (Å²) in [6.45, 7) is 4.33. The molecule has 0 spiro atoms. The molecule has 1 rings (SSSR count). The van der Waals surface area contributed by atoms with Crippen molar-refractivity contribution in [3.8, 4) is 0 Å². The van der Waals surface area contributed by atoms with Gasteiger partial charge in [-0.1, -0.05) is 44.9 Å². The molecule has 1 saturated carbocycles. The normalized spacial score (nSPS) is 22.5. The molecule has 1 aliphatic rings. The van der Waals surface area contributed by atoms with Crippen LogP contribution in [0.15, 0.2) is 0 Å². The van der Waals surface area contributed by atoms with Crippen molar-refractivity contribution in [3.05, 3.63) is 0 Å². The minimum atomic E-state index is -0.820. The van der Waals surface area contributed by atoms with Crippen LogP contribution in [0.2, 0.25) is 0 Å². The van der Waals surface area contributed by atoms with E-state index in [0.29, 0.717) is 6.61 Å². The summed E-state index contributed by atoms with van der Waals surface area (Å²) in [4.78, 5) is 21.5. The van der Waals surface area contributed by atoms with Crippen molar-refractivity contribution in [2.45, 2.75) is 96.6 Å². The molecule has 0 bridgehead atoms. The van der Waals surface area contributed by atoms with Crippen LogP contribution in [0.4, 0.5) is 0 Å². The van der Waals surface area contributed by atoms with Gasteiger partial charge in [0, 0.05) is 19.4 Å². The van der Waals surface area contributed by atoms with E-state index in [1.54, 1.807) is 0 Å². The van der Waals surface area contributed by atoms with Gasteiger partial charge in [0.15, 0.2) is 6.29 Å². The molecule has 1 atom stereocenters. The lowest BCUT2D eigenvalue weighted by Gasteiger charge is -2.31. The Balaban J connectivity index is 2.57. The van der Waals surface area contributed by atoms with E-state index in [0.717, 1.165) is 25.7 Å². The monoisotopic (exact) mass is 318 g/mol. The fraction of sp³-hybridized carbons (Fsp3) is 1.00. The Morgan fingerprint density at radius 2 is 1.32 bits per heavy atom. The van der Waals surface area contributed by atoms with Gasteiger partial charge in [0.2, 0.25) is 5.79 Å². The standard InChI is InChI=1S/C17H34O5/c1-4-19-16(2)20-22-17(21-18-3)14-12-10-8-6-5-7-9-11-13-15-17/h16H,4-15H2,1-3H3/t16-/m0/s1. The van der Waals surface area contributed by atoms with Crippen LogP contribution in [0, 0.1) is 0 Å². The quantitative estimate of drug-likeness (QED) is 0.380. The van der Waals surface area contributed by atoms with Gasteiger partial charge in [0.1, 0.15) is 0 Å². The van der Waals surface area contributed by atoms with Gasteiger partial charge in [-0.15, -0.1) is 0 Å². The minimum absolute atomic E-state index is 0.413. The Labute approximate surface area is 135 Å². The Kier molecular flexibility index (Phi) is 11.1. The zero-order valence-electron chi connectivity index (χ0n) is 14.6. The molecule has 0 aromatic rings. The molecule has 0 aliphatic heterocycles. The molecule has 1 fully saturated rings. The summed E-state index contributed by atoms with van der Waals surface area (Å²) < 4.78 is 5.35. The second-order valence-electron chi connectivity index (χ2n) is 6.05. The van der Waals surface area contributed by atoms with Crippen molar-refractivity contribution >= 4 is 0 Å². The van der Waals surface area contributed by atoms with Gasteiger partial charge in [-0.3, -0.25) is 0 Å². The molecule has 0 saturated heterocycles. The molecule has 0 aromatic heterocycles. The molecule has 0 unspecified atom stereocenters. The fourth-order valence-corrected chi connectivity index (χ4v) is 2.90. The smallest absolute Gasteiger partial charge is 0.234 e. The first kappa shape index (κ1) is 19.8. The highest BCUT2D eigenvalue weighted by atomic mass is 17.3. The maximum atomic E-state index is 5.66. The SMILES string of the molecule is CCO[C@H](C)OOC1(OOC)CCCCCCCCCCC1. The first-order valence-corrected chi connectivity index (χ1v) is 8.90. The third kappa shape index (κ3) is 8.44. The zero-order valence-corrected chi connectivity index (χ0v) is 14.6. The summed E-state index contributed by atoms with van der Waals surface area (Å²) in [7, 11) is 1.52. The highest BCUT2D eigenvalue weighted by Gasteiger charge is 2.35. The first-order valence-electron chi connectivity index (χ1n) is 8.90. The van der Waals surface area contributed by atoms with Gasteiger partial charge < -0.3 is 4.74 Å². The lowest BCUT2D eigenvalue weighted by molar-refractivity contribution is -0.530. The highest BCUT2D eigenvalue weighted by molar-refractivity contribution is 4.69. The molecule has 0 N–H and O–H groups in total. The van der Waals surface area contributed by atoms with Crippen LogP contribution in [-0.4, -0.2) is 25.8 Å². The molecule has 5 heteroatoms. The van der Waals surface area contributed by atoms with Gasteiger partial charge >= 0.3 is 0 Å². The fourth-order valence-electron chi connectivity index (χ4n) is 2.90. The van der Waals surface area contributed by atoms with Crippen LogP contribution in [-0.2, 0) is 24.3 Å². The predicted octanol–water partition coefficient (Wildman–Crippen LogP) is 4.90. The van der Waals surface area contributed by atoms with Crippen molar-refractivity contribution in [2.75, 3.05) is 13.7 Å². The maximum absolute atomic E-state index is 5.66. The maximum Gasteiger partial charge on any atom is 0.234 e. The van der Waals surface area contributed by atoms with E-state index < -0.39 is 12.1 Å². The summed E-state index contributed by atoms with van der Waals surface area (Å²) in [5.74, 6) is -0.820. The molecule has 132 valence electrons. The topological polar surface area (TPSA) is 46.2 Å². The Morgan fingerprint density at radius 3 is 1.77 bits per heavy atom. The van der Waals surface area contributed by atoms with Crippen LogP contribution in [0.25, 0.3) is 0 Å². The zero-order chi connectivity index (χ0) is 16.1. The van der Waals surface area contributed by atoms with Gasteiger partial charge in [-0.05, 0) is 26.7 Å². The number of rotatable bonds is 7. The highest BCUT2D eigenvalue weighted by Crippen LogP contribution is 2.30. The summed E-state index contributed by atoms with van der Waals surface area (Å²) in [6.07, 6.45) is 12.2. The van der Waals surface area contributed by atoms with Crippen molar-refractivity contribution < 1.29 is 24.3 Å². The van der Waals surface area contributed by atoms with Gasteiger partial charge in [-0.25, -0.2) is 9.78 Å². The van der Waals surface area contributed by atoms with Crippen LogP contribution in [0.5, 0.6) is 0 Å². The first-order chi connectivity index (χ1) is 10.7. The Hall–Kier alpha value is -0.200. The summed E-state index contributed by atoms with van der Waals surface area (Å²) >= 11 is 0. The van der Waals surface area contributed by atoms with Crippen molar-refractivity contribution in [1.29, 1.82) is 0 Å². The largest absolute Gasteiger partial charge is 0.350 e.